The van der Waals surface area contributed by atoms with Crippen molar-refractivity contribution in [3.63, 3.8) is 0 Å². The molecule has 2 nitrogen and oxygen atoms in total. The van der Waals surface area contributed by atoms with Crippen LogP contribution >= 0.6 is 0 Å². The summed E-state index contributed by atoms with van der Waals surface area (Å²) in [6, 6.07) is 11.3. The zero-order valence-corrected chi connectivity index (χ0v) is 11.2. The Balaban J connectivity index is 2.19. The number of hydrogen-bond donors (Lipinski definition) is 1. The second kappa shape index (κ2) is 5.19. The number of nitrogens with zero attached hydrogens (tertiary/aromatic N) is 1. The third-order valence-electron chi connectivity index (χ3n) is 3.84. The van der Waals surface area contributed by atoms with Crippen molar-refractivity contribution < 1.29 is 0 Å². The SMILES string of the molecule is CC(c1ccccc1)N1CCCNCC1(C)C. The third kappa shape index (κ3) is 2.88. The lowest BCUT2D eigenvalue weighted by atomic mass is 9.97. The van der Waals surface area contributed by atoms with Gasteiger partial charge in [-0.15, -0.1) is 0 Å². The van der Waals surface area contributed by atoms with E-state index < -0.39 is 0 Å². The highest BCUT2D eigenvalue weighted by atomic mass is 15.2. The summed E-state index contributed by atoms with van der Waals surface area (Å²) in [4.78, 5) is 2.63. The molecule has 2 heteroatoms. The van der Waals surface area contributed by atoms with Gasteiger partial charge in [-0.25, -0.2) is 0 Å². The molecular weight excluding hydrogens is 208 g/mol. The molecule has 1 aromatic carbocycles. The Hall–Kier alpha value is -0.860. The molecule has 1 aliphatic heterocycles. The van der Waals surface area contributed by atoms with E-state index in [1.807, 2.05) is 0 Å². The Morgan fingerprint density at radius 2 is 1.94 bits per heavy atom. The smallest absolute Gasteiger partial charge is 0.0325 e. The van der Waals surface area contributed by atoms with Crippen LogP contribution in [-0.4, -0.2) is 30.1 Å². The molecule has 94 valence electrons. The van der Waals surface area contributed by atoms with E-state index in [0.29, 0.717) is 6.04 Å². The summed E-state index contributed by atoms with van der Waals surface area (Å²) >= 11 is 0. The average molecular weight is 232 g/mol. The van der Waals surface area contributed by atoms with Crippen LogP contribution in [0, 0.1) is 0 Å². The second-order valence-corrected chi connectivity index (χ2v) is 5.62. The van der Waals surface area contributed by atoms with E-state index in [-0.39, 0.29) is 5.54 Å². The van der Waals surface area contributed by atoms with Gasteiger partial charge in [-0.3, -0.25) is 4.90 Å². The van der Waals surface area contributed by atoms with Crippen LogP contribution in [-0.2, 0) is 0 Å². The van der Waals surface area contributed by atoms with Gasteiger partial charge in [0.1, 0.15) is 0 Å². The Morgan fingerprint density at radius 3 is 2.65 bits per heavy atom. The van der Waals surface area contributed by atoms with Crippen molar-refractivity contribution in [1.82, 2.24) is 10.2 Å². The first-order valence-corrected chi connectivity index (χ1v) is 6.64. The minimum Gasteiger partial charge on any atom is -0.315 e. The lowest BCUT2D eigenvalue weighted by Gasteiger charge is -2.41. The molecule has 17 heavy (non-hydrogen) atoms. The van der Waals surface area contributed by atoms with Crippen molar-refractivity contribution >= 4 is 0 Å². The van der Waals surface area contributed by atoms with Gasteiger partial charge < -0.3 is 5.32 Å². The fourth-order valence-electron chi connectivity index (χ4n) is 2.80. The van der Waals surface area contributed by atoms with Crippen LogP contribution < -0.4 is 5.32 Å². The molecule has 1 unspecified atom stereocenters. The Labute approximate surface area is 105 Å². The van der Waals surface area contributed by atoms with E-state index in [4.69, 9.17) is 0 Å². The summed E-state index contributed by atoms with van der Waals surface area (Å²) in [5.41, 5.74) is 1.65. The van der Waals surface area contributed by atoms with Gasteiger partial charge in [-0.1, -0.05) is 30.3 Å². The van der Waals surface area contributed by atoms with E-state index in [0.717, 1.165) is 13.1 Å². The lowest BCUT2D eigenvalue weighted by molar-refractivity contribution is 0.0879. The van der Waals surface area contributed by atoms with E-state index >= 15 is 0 Å². The number of rotatable bonds is 2. The molecule has 0 saturated carbocycles. The van der Waals surface area contributed by atoms with Gasteiger partial charge in [0.05, 0.1) is 0 Å². The highest BCUT2D eigenvalue weighted by Crippen LogP contribution is 2.28. The molecule has 1 aliphatic rings. The zero-order chi connectivity index (χ0) is 12.3. The fourth-order valence-corrected chi connectivity index (χ4v) is 2.80. The van der Waals surface area contributed by atoms with Crippen molar-refractivity contribution in [2.24, 2.45) is 0 Å². The predicted molar refractivity (Wildman–Crippen MR) is 73.1 cm³/mol. The van der Waals surface area contributed by atoms with Crippen LogP contribution in [0.1, 0.15) is 38.8 Å². The number of hydrogen-bond acceptors (Lipinski definition) is 2. The van der Waals surface area contributed by atoms with E-state index in [9.17, 15) is 0 Å². The van der Waals surface area contributed by atoms with E-state index in [2.05, 4.69) is 61.3 Å². The molecule has 1 heterocycles. The molecule has 0 amide bonds. The Bertz CT molecular complexity index is 345. The highest BCUT2D eigenvalue weighted by molar-refractivity contribution is 5.19. The topological polar surface area (TPSA) is 15.3 Å². The molecule has 2 rings (SSSR count). The minimum atomic E-state index is 0.228. The quantitative estimate of drug-likeness (QED) is 0.843. The summed E-state index contributed by atoms with van der Waals surface area (Å²) in [6.07, 6.45) is 1.24. The zero-order valence-electron chi connectivity index (χ0n) is 11.2. The second-order valence-electron chi connectivity index (χ2n) is 5.62. The Morgan fingerprint density at radius 1 is 1.24 bits per heavy atom. The van der Waals surface area contributed by atoms with Gasteiger partial charge in [0.15, 0.2) is 0 Å². The molecule has 1 atom stereocenters. The molecule has 0 bridgehead atoms. The Kier molecular flexibility index (Phi) is 3.85. The normalized spacial score (nSPS) is 23.0. The molecule has 0 radical (unpaired) electrons. The van der Waals surface area contributed by atoms with Crippen LogP contribution in [0.25, 0.3) is 0 Å². The summed E-state index contributed by atoms with van der Waals surface area (Å²) in [6.45, 7) is 10.4. The highest BCUT2D eigenvalue weighted by Gasteiger charge is 2.31. The molecule has 1 saturated heterocycles. The maximum atomic E-state index is 3.53. The maximum absolute atomic E-state index is 3.53. The number of benzene rings is 1. The molecule has 0 spiro atoms. The van der Waals surface area contributed by atoms with Crippen molar-refractivity contribution in [3.8, 4) is 0 Å². The fraction of sp³-hybridized carbons (Fsp3) is 0.600. The first-order valence-electron chi connectivity index (χ1n) is 6.64. The van der Waals surface area contributed by atoms with Gasteiger partial charge in [0, 0.05) is 24.7 Å². The number of nitrogens with one attached hydrogen (secondary N) is 1. The van der Waals surface area contributed by atoms with Crippen LogP contribution in [0.15, 0.2) is 30.3 Å². The van der Waals surface area contributed by atoms with Crippen molar-refractivity contribution in [1.29, 1.82) is 0 Å². The van der Waals surface area contributed by atoms with Crippen molar-refractivity contribution in [3.05, 3.63) is 35.9 Å². The molecule has 0 aliphatic carbocycles. The van der Waals surface area contributed by atoms with Gasteiger partial charge in [0.2, 0.25) is 0 Å². The molecular formula is C15H24N2. The molecule has 0 aromatic heterocycles. The minimum absolute atomic E-state index is 0.228. The average Bonchev–Trinajstić information content (AvgIpc) is 2.50. The summed E-state index contributed by atoms with van der Waals surface area (Å²) in [5.74, 6) is 0. The van der Waals surface area contributed by atoms with Crippen LogP contribution in [0.3, 0.4) is 0 Å². The standard InChI is InChI=1S/C15H24N2/c1-13(14-8-5-4-6-9-14)17-11-7-10-16-12-15(17,2)3/h4-6,8-9,13,16H,7,10-12H2,1-3H3. The van der Waals surface area contributed by atoms with Crippen molar-refractivity contribution in [2.45, 2.75) is 38.8 Å². The monoisotopic (exact) mass is 232 g/mol. The summed E-state index contributed by atoms with van der Waals surface area (Å²) < 4.78 is 0. The van der Waals surface area contributed by atoms with Gasteiger partial charge in [0.25, 0.3) is 0 Å². The van der Waals surface area contributed by atoms with Crippen LogP contribution in [0.5, 0.6) is 0 Å². The van der Waals surface area contributed by atoms with Crippen LogP contribution in [0.4, 0.5) is 0 Å². The van der Waals surface area contributed by atoms with E-state index in [1.54, 1.807) is 0 Å². The van der Waals surface area contributed by atoms with Crippen molar-refractivity contribution in [2.75, 3.05) is 19.6 Å². The predicted octanol–water partition coefficient (Wildman–Crippen LogP) is 2.82. The third-order valence-corrected chi connectivity index (χ3v) is 3.84. The molecule has 1 aromatic rings. The van der Waals surface area contributed by atoms with Gasteiger partial charge >= 0.3 is 0 Å². The maximum Gasteiger partial charge on any atom is 0.0325 e. The largest absolute Gasteiger partial charge is 0.315 e. The first kappa shape index (κ1) is 12.6. The lowest BCUT2D eigenvalue weighted by Crippen LogP contribution is -2.49. The first-order chi connectivity index (χ1) is 8.11. The molecule has 1 N–H and O–H groups in total. The van der Waals surface area contributed by atoms with Gasteiger partial charge in [-0.05, 0) is 39.3 Å². The van der Waals surface area contributed by atoms with E-state index in [1.165, 1.54) is 18.5 Å². The van der Waals surface area contributed by atoms with Crippen LogP contribution in [0.2, 0.25) is 0 Å². The van der Waals surface area contributed by atoms with Gasteiger partial charge in [-0.2, -0.15) is 0 Å². The summed E-state index contributed by atoms with van der Waals surface area (Å²) in [7, 11) is 0. The summed E-state index contributed by atoms with van der Waals surface area (Å²) in [5, 5.41) is 3.53. The molecule has 1 fully saturated rings.